The molecule has 2 aliphatic heterocycles. The van der Waals surface area contributed by atoms with Gasteiger partial charge in [0.15, 0.2) is 5.60 Å². The summed E-state index contributed by atoms with van der Waals surface area (Å²) in [5.74, 6) is -0.199. The molecule has 0 bridgehead atoms. The van der Waals surface area contributed by atoms with Crippen LogP contribution in [0, 0.1) is 0 Å². The fourth-order valence-electron chi connectivity index (χ4n) is 3.57. The Balaban J connectivity index is 1.35. The van der Waals surface area contributed by atoms with Gasteiger partial charge in [-0.2, -0.15) is 0 Å². The van der Waals surface area contributed by atoms with Gasteiger partial charge in [0.25, 0.3) is 5.56 Å². The van der Waals surface area contributed by atoms with E-state index in [4.69, 9.17) is 4.74 Å². The number of hydrogen-bond donors (Lipinski definition) is 1. The highest BCUT2D eigenvalue weighted by molar-refractivity contribution is 7.21. The molecule has 3 aromatic rings. The normalized spacial score (nSPS) is 17.4. The van der Waals surface area contributed by atoms with Crippen molar-refractivity contribution in [2.24, 2.45) is 0 Å². The van der Waals surface area contributed by atoms with E-state index < -0.39 is 11.7 Å². The monoisotopic (exact) mass is 396 g/mol. The summed E-state index contributed by atoms with van der Waals surface area (Å²) in [4.78, 5) is 44.1. The molecule has 0 unspecified atom stereocenters. The van der Waals surface area contributed by atoms with Crippen molar-refractivity contribution in [3.63, 3.8) is 0 Å². The van der Waals surface area contributed by atoms with E-state index in [1.807, 2.05) is 36.4 Å². The lowest BCUT2D eigenvalue weighted by Crippen LogP contribution is -2.65. The minimum Gasteiger partial charge on any atom is -0.437 e. The van der Waals surface area contributed by atoms with E-state index in [2.05, 4.69) is 10.3 Å². The van der Waals surface area contributed by atoms with E-state index in [0.29, 0.717) is 29.9 Å². The van der Waals surface area contributed by atoms with Crippen LogP contribution < -0.4 is 10.9 Å². The smallest absolute Gasteiger partial charge is 0.408 e. The number of aromatic nitrogens is 2. The maximum atomic E-state index is 12.8. The highest BCUT2D eigenvalue weighted by Gasteiger charge is 2.52. The maximum absolute atomic E-state index is 12.8. The Hall–Kier alpha value is -3.20. The molecule has 0 atom stereocenters. The number of benzene rings is 1. The van der Waals surface area contributed by atoms with Gasteiger partial charge in [-0.15, -0.1) is 11.3 Å². The summed E-state index contributed by atoms with van der Waals surface area (Å²) in [6.07, 6.45) is 0.963. The number of carbonyl (C=O) groups is 2. The number of nitrogens with one attached hydrogen (secondary N) is 1. The first-order valence-corrected chi connectivity index (χ1v) is 9.64. The summed E-state index contributed by atoms with van der Waals surface area (Å²) in [5, 5.41) is 3.11. The summed E-state index contributed by atoms with van der Waals surface area (Å²) in [5.41, 5.74) is 0.178. The van der Waals surface area contributed by atoms with Gasteiger partial charge < -0.3 is 15.0 Å². The van der Waals surface area contributed by atoms with Gasteiger partial charge in [-0.3, -0.25) is 14.2 Å². The fourth-order valence-corrected chi connectivity index (χ4v) is 4.56. The van der Waals surface area contributed by atoms with Crippen LogP contribution in [0.15, 0.2) is 47.5 Å². The van der Waals surface area contributed by atoms with E-state index in [1.54, 1.807) is 4.90 Å². The van der Waals surface area contributed by atoms with Crippen molar-refractivity contribution in [3.05, 3.63) is 53.1 Å². The summed E-state index contributed by atoms with van der Waals surface area (Å²) >= 11 is 1.45. The molecular formula is C19H16N4O4S. The SMILES string of the molecule is O=C1NCC2(CN(C(=O)Cn3cnc4sc(-c5ccccc5)cc4c3=O)C2)O1. The first-order valence-electron chi connectivity index (χ1n) is 8.82. The fraction of sp³-hybridized carbons (Fsp3) is 0.263. The predicted molar refractivity (Wildman–Crippen MR) is 103 cm³/mol. The minimum absolute atomic E-state index is 0.0876. The van der Waals surface area contributed by atoms with E-state index in [1.165, 1.54) is 22.2 Å². The second-order valence-electron chi connectivity index (χ2n) is 7.05. The van der Waals surface area contributed by atoms with Gasteiger partial charge >= 0.3 is 6.09 Å². The number of nitrogens with zero attached hydrogens (tertiary/aromatic N) is 3. The van der Waals surface area contributed by atoms with Gasteiger partial charge in [-0.25, -0.2) is 9.78 Å². The first-order chi connectivity index (χ1) is 13.5. The van der Waals surface area contributed by atoms with Crippen LogP contribution in [0.3, 0.4) is 0 Å². The molecule has 2 aliphatic rings. The zero-order valence-electron chi connectivity index (χ0n) is 14.8. The lowest BCUT2D eigenvalue weighted by molar-refractivity contribution is -0.150. The number of amides is 2. The summed E-state index contributed by atoms with van der Waals surface area (Å²) in [6, 6.07) is 11.6. The Labute approximate surface area is 163 Å². The Bertz CT molecular complexity index is 1150. The molecule has 8 nitrogen and oxygen atoms in total. The third-order valence-corrected chi connectivity index (χ3v) is 6.15. The number of hydrogen-bond acceptors (Lipinski definition) is 6. The van der Waals surface area contributed by atoms with Crippen LogP contribution in [-0.2, 0) is 16.1 Å². The Morgan fingerprint density at radius 1 is 1.25 bits per heavy atom. The molecule has 2 amide bonds. The molecule has 0 aliphatic carbocycles. The Kier molecular flexibility index (Phi) is 3.73. The molecule has 2 saturated heterocycles. The quantitative estimate of drug-likeness (QED) is 0.723. The van der Waals surface area contributed by atoms with Crippen molar-refractivity contribution in [2.45, 2.75) is 12.1 Å². The van der Waals surface area contributed by atoms with Crippen molar-refractivity contribution in [3.8, 4) is 10.4 Å². The molecule has 2 aromatic heterocycles. The van der Waals surface area contributed by atoms with E-state index >= 15 is 0 Å². The average Bonchev–Trinajstić information content (AvgIpc) is 3.28. The van der Waals surface area contributed by atoms with E-state index in [-0.39, 0.29) is 18.0 Å². The number of alkyl carbamates (subject to hydrolysis) is 1. The predicted octanol–water partition coefficient (Wildman–Crippen LogP) is 1.45. The van der Waals surface area contributed by atoms with Crippen molar-refractivity contribution in [2.75, 3.05) is 19.6 Å². The molecule has 1 spiro atoms. The number of likely N-dealkylation sites (tertiary alicyclic amines) is 1. The van der Waals surface area contributed by atoms with E-state index in [9.17, 15) is 14.4 Å². The van der Waals surface area contributed by atoms with Gasteiger partial charge in [0.05, 0.1) is 31.3 Å². The molecule has 0 saturated carbocycles. The third kappa shape index (κ3) is 2.75. The van der Waals surface area contributed by atoms with Crippen molar-refractivity contribution in [1.29, 1.82) is 0 Å². The molecule has 9 heteroatoms. The van der Waals surface area contributed by atoms with Crippen LogP contribution >= 0.6 is 11.3 Å². The molecule has 28 heavy (non-hydrogen) atoms. The molecule has 2 fully saturated rings. The maximum Gasteiger partial charge on any atom is 0.408 e. The molecular weight excluding hydrogens is 380 g/mol. The van der Waals surface area contributed by atoms with Crippen molar-refractivity contribution < 1.29 is 14.3 Å². The van der Waals surface area contributed by atoms with Crippen LogP contribution in [-0.4, -0.2) is 51.7 Å². The molecule has 4 heterocycles. The number of rotatable bonds is 3. The number of thiophene rings is 1. The summed E-state index contributed by atoms with van der Waals surface area (Å²) in [7, 11) is 0. The minimum atomic E-state index is -0.613. The lowest BCUT2D eigenvalue weighted by atomic mass is 9.94. The highest BCUT2D eigenvalue weighted by Crippen LogP contribution is 2.31. The van der Waals surface area contributed by atoms with Crippen LogP contribution in [0.2, 0.25) is 0 Å². The van der Waals surface area contributed by atoms with Crippen LogP contribution in [0.25, 0.3) is 20.7 Å². The van der Waals surface area contributed by atoms with Crippen molar-refractivity contribution in [1.82, 2.24) is 19.8 Å². The third-order valence-electron chi connectivity index (χ3n) is 5.06. The first kappa shape index (κ1) is 16.9. The van der Waals surface area contributed by atoms with Crippen molar-refractivity contribution >= 4 is 33.6 Å². The largest absolute Gasteiger partial charge is 0.437 e. The second-order valence-corrected chi connectivity index (χ2v) is 8.08. The molecule has 1 N–H and O–H groups in total. The summed E-state index contributed by atoms with van der Waals surface area (Å²) < 4.78 is 6.55. The van der Waals surface area contributed by atoms with E-state index in [0.717, 1.165) is 10.4 Å². The molecule has 0 radical (unpaired) electrons. The van der Waals surface area contributed by atoms with Gasteiger partial charge in [-0.1, -0.05) is 30.3 Å². The van der Waals surface area contributed by atoms with Crippen LogP contribution in [0.5, 0.6) is 0 Å². The van der Waals surface area contributed by atoms with Crippen LogP contribution in [0.4, 0.5) is 4.79 Å². The molecule has 1 aromatic carbocycles. The number of ether oxygens (including phenoxy) is 1. The average molecular weight is 396 g/mol. The zero-order valence-corrected chi connectivity index (χ0v) is 15.6. The van der Waals surface area contributed by atoms with Gasteiger partial charge in [0, 0.05) is 4.88 Å². The van der Waals surface area contributed by atoms with Gasteiger partial charge in [0.1, 0.15) is 11.4 Å². The highest BCUT2D eigenvalue weighted by atomic mass is 32.1. The number of fused-ring (bicyclic) bond motifs is 1. The van der Waals surface area contributed by atoms with Gasteiger partial charge in [0.2, 0.25) is 5.91 Å². The summed E-state index contributed by atoms with van der Waals surface area (Å²) in [6.45, 7) is 0.993. The zero-order chi connectivity index (χ0) is 19.3. The standard InChI is InChI=1S/C19H16N4O4S/c24-15(23-9-19(10-23)8-20-18(26)27-19)7-22-11-21-16-13(17(22)25)6-14(28-16)12-4-2-1-3-5-12/h1-6,11H,7-10H2,(H,20,26). The molecule has 142 valence electrons. The lowest BCUT2D eigenvalue weighted by Gasteiger charge is -2.45. The topological polar surface area (TPSA) is 93.5 Å². The van der Waals surface area contributed by atoms with Gasteiger partial charge in [-0.05, 0) is 11.6 Å². The second kappa shape index (κ2) is 6.16. The Morgan fingerprint density at radius 2 is 2.04 bits per heavy atom. The Morgan fingerprint density at radius 3 is 2.75 bits per heavy atom. The number of carbonyl (C=O) groups excluding carboxylic acids is 2. The molecule has 5 rings (SSSR count). The van der Waals surface area contributed by atoms with Crippen LogP contribution in [0.1, 0.15) is 0 Å².